The SMILES string of the molecule is C[C@H](N1C(=O)c2ccccc2C1=O)C(O)(CO[Si](C)(C)C(C)(C)C)NC(=S)Nc1cccc2c1CCO2. The normalized spacial score (nSPS) is 17.5. The van der Waals surface area contributed by atoms with Gasteiger partial charge in [-0.05, 0) is 61.5 Å². The van der Waals surface area contributed by atoms with Crippen molar-refractivity contribution in [2.24, 2.45) is 0 Å². The Balaban J connectivity index is 1.61. The molecule has 2 atom stereocenters. The summed E-state index contributed by atoms with van der Waals surface area (Å²) in [6.07, 6.45) is 0.741. The molecule has 0 bridgehead atoms. The van der Waals surface area contributed by atoms with Crippen molar-refractivity contribution in [2.45, 2.75) is 64.0 Å². The molecule has 2 aliphatic rings. The number of carbonyl (C=O) groups excluding carboxylic acids is 2. The van der Waals surface area contributed by atoms with Gasteiger partial charge in [0.05, 0.1) is 30.4 Å². The highest BCUT2D eigenvalue weighted by atomic mass is 32.1. The first-order chi connectivity index (χ1) is 17.2. The fraction of sp³-hybridized carbons (Fsp3) is 0.444. The van der Waals surface area contributed by atoms with E-state index in [1.54, 1.807) is 31.2 Å². The van der Waals surface area contributed by atoms with Gasteiger partial charge in [0.25, 0.3) is 11.8 Å². The van der Waals surface area contributed by atoms with Crippen molar-refractivity contribution < 1.29 is 23.9 Å². The lowest BCUT2D eigenvalue weighted by molar-refractivity contribution is -0.0687. The summed E-state index contributed by atoms with van der Waals surface area (Å²) in [5.41, 5.74) is 0.538. The minimum atomic E-state index is -2.31. The zero-order valence-electron chi connectivity index (χ0n) is 22.2. The number of fused-ring (bicyclic) bond motifs is 2. The van der Waals surface area contributed by atoms with Crippen LogP contribution in [0.25, 0.3) is 0 Å². The molecule has 4 rings (SSSR count). The lowest BCUT2D eigenvalue weighted by Gasteiger charge is -2.43. The molecule has 2 aliphatic heterocycles. The van der Waals surface area contributed by atoms with Crippen LogP contribution in [0.15, 0.2) is 42.5 Å². The van der Waals surface area contributed by atoms with Crippen molar-refractivity contribution in [2.75, 3.05) is 18.5 Å². The van der Waals surface area contributed by atoms with Crippen molar-refractivity contribution in [3.63, 3.8) is 0 Å². The van der Waals surface area contributed by atoms with Crippen LogP contribution in [-0.4, -0.2) is 60.2 Å². The predicted octanol–water partition coefficient (Wildman–Crippen LogP) is 4.30. The van der Waals surface area contributed by atoms with Crippen LogP contribution in [-0.2, 0) is 10.8 Å². The van der Waals surface area contributed by atoms with Gasteiger partial charge in [-0.15, -0.1) is 0 Å². The van der Waals surface area contributed by atoms with E-state index in [9.17, 15) is 14.7 Å². The molecule has 2 amide bonds. The highest BCUT2D eigenvalue weighted by Gasteiger charge is 2.49. The van der Waals surface area contributed by atoms with Crippen LogP contribution in [0.4, 0.5) is 5.69 Å². The summed E-state index contributed by atoms with van der Waals surface area (Å²) < 4.78 is 12.0. The Bertz CT molecular complexity index is 1210. The molecule has 0 spiro atoms. The Morgan fingerprint density at radius 1 is 1.14 bits per heavy atom. The molecule has 2 aromatic rings. The molecule has 0 saturated carbocycles. The maximum absolute atomic E-state index is 13.2. The third-order valence-corrected chi connectivity index (χ3v) is 12.4. The summed E-state index contributed by atoms with van der Waals surface area (Å²) in [6.45, 7) is 12.5. The number of nitrogens with zero attached hydrogens (tertiary/aromatic N) is 1. The lowest BCUT2D eigenvalue weighted by atomic mass is 10.0. The molecule has 2 heterocycles. The number of amides is 2. The van der Waals surface area contributed by atoms with Crippen molar-refractivity contribution in [1.29, 1.82) is 0 Å². The molecule has 0 aliphatic carbocycles. The quantitative estimate of drug-likeness (QED) is 0.207. The molecule has 37 heavy (non-hydrogen) atoms. The number of rotatable bonds is 7. The van der Waals surface area contributed by atoms with E-state index in [1.165, 1.54) is 0 Å². The van der Waals surface area contributed by atoms with Gasteiger partial charge < -0.3 is 24.9 Å². The summed E-state index contributed by atoms with van der Waals surface area (Å²) in [5, 5.41) is 18.2. The lowest BCUT2D eigenvalue weighted by Crippen LogP contribution is -2.66. The molecule has 8 nitrogen and oxygen atoms in total. The van der Waals surface area contributed by atoms with Crippen LogP contribution < -0.4 is 15.4 Å². The van der Waals surface area contributed by atoms with Crippen LogP contribution in [0, 0.1) is 0 Å². The maximum Gasteiger partial charge on any atom is 0.261 e. The molecule has 3 N–H and O–H groups in total. The second-order valence-corrected chi connectivity index (χ2v) is 16.4. The van der Waals surface area contributed by atoms with Crippen LogP contribution in [0.5, 0.6) is 5.75 Å². The topological polar surface area (TPSA) is 100 Å². The third-order valence-electron chi connectivity index (χ3n) is 7.68. The van der Waals surface area contributed by atoms with E-state index in [1.807, 2.05) is 18.2 Å². The van der Waals surface area contributed by atoms with E-state index in [0.717, 1.165) is 28.3 Å². The monoisotopic (exact) mass is 541 g/mol. The van der Waals surface area contributed by atoms with Crippen LogP contribution in [0.1, 0.15) is 54.0 Å². The average Bonchev–Trinajstić information content (AvgIpc) is 3.40. The first kappa shape index (κ1) is 27.2. The Labute approximate surface area is 224 Å². The van der Waals surface area contributed by atoms with Gasteiger partial charge >= 0.3 is 0 Å². The summed E-state index contributed by atoms with van der Waals surface area (Å²) in [5.74, 6) is -0.126. The minimum Gasteiger partial charge on any atom is -0.493 e. The van der Waals surface area contributed by atoms with Crippen molar-refractivity contribution in [3.05, 3.63) is 59.2 Å². The Hall–Kier alpha value is -2.79. The number of imide groups is 1. The molecule has 0 radical (unpaired) electrons. The Morgan fingerprint density at radius 2 is 1.76 bits per heavy atom. The number of aliphatic hydroxyl groups is 1. The van der Waals surface area contributed by atoms with Gasteiger partial charge in [0.2, 0.25) is 0 Å². The van der Waals surface area contributed by atoms with E-state index < -0.39 is 31.9 Å². The van der Waals surface area contributed by atoms with Crippen LogP contribution in [0.3, 0.4) is 0 Å². The average molecular weight is 542 g/mol. The van der Waals surface area contributed by atoms with E-state index in [0.29, 0.717) is 17.7 Å². The van der Waals surface area contributed by atoms with E-state index in [4.69, 9.17) is 21.4 Å². The van der Waals surface area contributed by atoms with Gasteiger partial charge in [0.1, 0.15) is 5.75 Å². The number of benzene rings is 2. The largest absolute Gasteiger partial charge is 0.493 e. The number of anilines is 1. The number of ether oxygens (including phenoxy) is 1. The number of hydrogen-bond donors (Lipinski definition) is 3. The zero-order valence-corrected chi connectivity index (χ0v) is 24.0. The van der Waals surface area contributed by atoms with Gasteiger partial charge in [0, 0.05) is 17.7 Å². The fourth-order valence-electron chi connectivity index (χ4n) is 4.23. The Morgan fingerprint density at radius 3 is 2.35 bits per heavy atom. The second-order valence-electron chi connectivity index (χ2n) is 11.1. The minimum absolute atomic E-state index is 0.115. The number of nitrogens with one attached hydrogen (secondary N) is 2. The second kappa shape index (κ2) is 9.83. The van der Waals surface area contributed by atoms with Crippen molar-refractivity contribution in [3.8, 4) is 5.75 Å². The van der Waals surface area contributed by atoms with Gasteiger partial charge in [-0.25, -0.2) is 0 Å². The van der Waals surface area contributed by atoms with Crippen LogP contribution >= 0.6 is 12.2 Å². The molecule has 0 saturated heterocycles. The number of thiocarbonyl (C=S) groups is 1. The predicted molar refractivity (Wildman–Crippen MR) is 150 cm³/mol. The van der Waals surface area contributed by atoms with Gasteiger partial charge in [-0.1, -0.05) is 39.0 Å². The molecule has 0 aromatic heterocycles. The summed E-state index contributed by atoms with van der Waals surface area (Å²) in [6, 6.07) is 11.3. The smallest absolute Gasteiger partial charge is 0.261 e. The molecule has 0 fully saturated rings. The van der Waals surface area contributed by atoms with Crippen LogP contribution in [0.2, 0.25) is 18.1 Å². The highest BCUT2D eigenvalue weighted by molar-refractivity contribution is 7.80. The summed E-state index contributed by atoms with van der Waals surface area (Å²) in [4.78, 5) is 27.6. The standard InChI is InChI=1S/C27H35N3O5SSi/c1-17(30-23(31)18-10-7-8-11-19(18)24(30)32)27(33,16-35-37(5,6)26(2,3)4)29-25(36)28-21-12-9-13-22-20(21)14-15-34-22/h7-13,17,33H,14-16H2,1-6H3,(H2,28,29,36)/t17-,27?/m0/s1. The molecule has 1 unspecified atom stereocenters. The van der Waals surface area contributed by atoms with Crippen molar-refractivity contribution in [1.82, 2.24) is 10.2 Å². The van der Waals surface area contributed by atoms with E-state index >= 15 is 0 Å². The fourth-order valence-corrected chi connectivity index (χ4v) is 5.53. The van der Waals surface area contributed by atoms with Gasteiger partial charge in [0.15, 0.2) is 19.2 Å². The maximum atomic E-state index is 13.2. The number of hydrogen-bond acceptors (Lipinski definition) is 6. The molecule has 2 aromatic carbocycles. The van der Waals surface area contributed by atoms with Gasteiger partial charge in [-0.2, -0.15) is 0 Å². The molecular weight excluding hydrogens is 506 g/mol. The van der Waals surface area contributed by atoms with Crippen molar-refractivity contribution >= 4 is 43.1 Å². The summed E-state index contributed by atoms with van der Waals surface area (Å²) >= 11 is 5.60. The molecule has 10 heteroatoms. The summed E-state index contributed by atoms with van der Waals surface area (Å²) in [7, 11) is -2.31. The zero-order chi connectivity index (χ0) is 27.2. The molecule has 198 valence electrons. The molecular formula is C27H35N3O5SSi. The Kier molecular flexibility index (Phi) is 7.24. The number of carbonyl (C=O) groups is 2. The van der Waals surface area contributed by atoms with Gasteiger partial charge in [-0.3, -0.25) is 14.5 Å². The first-order valence-corrected chi connectivity index (χ1v) is 15.7. The highest BCUT2D eigenvalue weighted by Crippen LogP contribution is 2.38. The first-order valence-electron chi connectivity index (χ1n) is 12.4. The van der Waals surface area contributed by atoms with E-state index in [2.05, 4.69) is 44.5 Å². The van der Waals surface area contributed by atoms with E-state index in [-0.39, 0.29) is 16.8 Å². The third kappa shape index (κ3) is 5.15.